The maximum Gasteiger partial charge on any atom is 0.226 e. The highest BCUT2D eigenvalue weighted by Gasteiger charge is 2.15. The van der Waals surface area contributed by atoms with Crippen LogP contribution in [-0.4, -0.2) is 20.8 Å². The van der Waals surface area contributed by atoms with Crippen molar-refractivity contribution < 1.29 is 0 Å². The van der Waals surface area contributed by atoms with Crippen LogP contribution in [0.1, 0.15) is 32.1 Å². The number of nitrogens with one attached hydrogen (secondary N) is 1. The molecular formula is C9H21N7. The minimum absolute atomic E-state index is 0.461. The standard InChI is InChI=1S/C9H17N5.H4N2/c1-14-8(10)12-13-9(14)11-7-5-3-2-4-6-7;1-2/h7H,2-6H2,1H3,(H2,10,12)(H,11,13);1-2H2. The normalized spacial score (nSPS) is 16.4. The van der Waals surface area contributed by atoms with Crippen LogP contribution in [0.15, 0.2) is 0 Å². The predicted molar refractivity (Wildman–Crippen MR) is 64.3 cm³/mol. The van der Waals surface area contributed by atoms with E-state index >= 15 is 0 Å². The third kappa shape index (κ3) is 3.07. The van der Waals surface area contributed by atoms with Gasteiger partial charge in [0.2, 0.25) is 11.9 Å². The van der Waals surface area contributed by atoms with E-state index in [1.165, 1.54) is 32.1 Å². The molecule has 7 nitrogen and oxygen atoms in total. The summed E-state index contributed by atoms with van der Waals surface area (Å²) in [5, 5.41) is 11.2. The van der Waals surface area contributed by atoms with E-state index in [0.29, 0.717) is 12.0 Å². The molecule has 7 heteroatoms. The van der Waals surface area contributed by atoms with E-state index in [9.17, 15) is 0 Å². The highest BCUT2D eigenvalue weighted by Crippen LogP contribution is 2.20. The molecule has 0 saturated heterocycles. The lowest BCUT2D eigenvalue weighted by molar-refractivity contribution is 0.460. The Balaban J connectivity index is 0.000000606. The molecule has 7 N–H and O–H groups in total. The van der Waals surface area contributed by atoms with Crippen molar-refractivity contribution in [3.05, 3.63) is 0 Å². The highest BCUT2D eigenvalue weighted by molar-refractivity contribution is 5.34. The molecule has 0 amide bonds. The van der Waals surface area contributed by atoms with Crippen LogP contribution in [0, 0.1) is 0 Å². The van der Waals surface area contributed by atoms with Crippen LogP contribution in [0.3, 0.4) is 0 Å². The predicted octanol–water partition coefficient (Wildman–Crippen LogP) is -0.0393. The average Bonchev–Trinajstić information content (AvgIpc) is 2.65. The van der Waals surface area contributed by atoms with Crippen molar-refractivity contribution >= 4 is 11.9 Å². The Hall–Kier alpha value is -1.34. The summed E-state index contributed by atoms with van der Waals surface area (Å²) in [6.45, 7) is 0. The second-order valence-electron chi connectivity index (χ2n) is 3.92. The van der Waals surface area contributed by atoms with E-state index in [1.54, 1.807) is 4.57 Å². The van der Waals surface area contributed by atoms with E-state index in [2.05, 4.69) is 27.2 Å². The molecule has 1 aromatic heterocycles. The average molecular weight is 227 g/mol. The first kappa shape index (κ1) is 12.7. The Morgan fingerprint density at radius 3 is 2.31 bits per heavy atom. The third-order valence-electron chi connectivity index (χ3n) is 2.85. The van der Waals surface area contributed by atoms with Crippen LogP contribution < -0.4 is 22.7 Å². The van der Waals surface area contributed by atoms with E-state index in [4.69, 9.17) is 5.73 Å². The number of rotatable bonds is 2. The van der Waals surface area contributed by atoms with E-state index in [1.807, 2.05) is 7.05 Å². The lowest BCUT2D eigenvalue weighted by Crippen LogP contribution is -2.24. The molecular weight excluding hydrogens is 206 g/mol. The number of anilines is 2. The van der Waals surface area contributed by atoms with Crippen molar-refractivity contribution in [1.29, 1.82) is 0 Å². The lowest BCUT2D eigenvalue weighted by Gasteiger charge is -2.22. The number of nitrogens with zero attached hydrogens (tertiary/aromatic N) is 3. The molecule has 0 aromatic carbocycles. The summed E-state index contributed by atoms with van der Waals surface area (Å²) in [6, 6.07) is 0.547. The molecule has 0 radical (unpaired) electrons. The van der Waals surface area contributed by atoms with Gasteiger partial charge in [-0.3, -0.25) is 16.3 Å². The SMILES string of the molecule is Cn1c(N)nnc1NC1CCCCC1.NN. The maximum absolute atomic E-state index is 5.60. The molecule has 0 aliphatic heterocycles. The highest BCUT2D eigenvalue weighted by atomic mass is 15.4. The molecule has 2 rings (SSSR count). The smallest absolute Gasteiger partial charge is 0.226 e. The zero-order valence-corrected chi connectivity index (χ0v) is 9.69. The van der Waals surface area contributed by atoms with Gasteiger partial charge in [-0.25, -0.2) is 0 Å². The Bertz CT molecular complexity index is 303. The van der Waals surface area contributed by atoms with Gasteiger partial charge in [-0.2, -0.15) is 0 Å². The summed E-state index contributed by atoms with van der Waals surface area (Å²) in [7, 11) is 1.88. The van der Waals surface area contributed by atoms with Crippen molar-refractivity contribution in [2.75, 3.05) is 11.1 Å². The number of nitrogen functional groups attached to an aromatic ring is 1. The molecule has 92 valence electrons. The third-order valence-corrected chi connectivity index (χ3v) is 2.85. The quantitative estimate of drug-likeness (QED) is 0.415. The fourth-order valence-corrected chi connectivity index (χ4v) is 1.90. The molecule has 16 heavy (non-hydrogen) atoms. The lowest BCUT2D eigenvalue weighted by atomic mass is 9.96. The van der Waals surface area contributed by atoms with Gasteiger partial charge in [-0.05, 0) is 12.8 Å². The fourth-order valence-electron chi connectivity index (χ4n) is 1.90. The van der Waals surface area contributed by atoms with E-state index < -0.39 is 0 Å². The minimum Gasteiger partial charge on any atom is -0.368 e. The van der Waals surface area contributed by atoms with Crippen molar-refractivity contribution in [3.8, 4) is 0 Å². The summed E-state index contributed by atoms with van der Waals surface area (Å²) in [6.07, 6.45) is 6.44. The molecule has 1 aliphatic rings. The summed E-state index contributed by atoms with van der Waals surface area (Å²) in [5.74, 6) is 9.25. The van der Waals surface area contributed by atoms with Crippen LogP contribution >= 0.6 is 0 Å². The van der Waals surface area contributed by atoms with Gasteiger partial charge in [0.25, 0.3) is 0 Å². The summed E-state index contributed by atoms with van der Waals surface area (Å²) >= 11 is 0. The van der Waals surface area contributed by atoms with Gasteiger partial charge in [0.15, 0.2) is 0 Å². The van der Waals surface area contributed by atoms with Gasteiger partial charge in [0.1, 0.15) is 0 Å². The number of hydrogen-bond acceptors (Lipinski definition) is 6. The van der Waals surface area contributed by atoms with Gasteiger partial charge in [-0.15, -0.1) is 10.2 Å². The second kappa shape index (κ2) is 6.29. The van der Waals surface area contributed by atoms with Crippen molar-refractivity contribution in [2.24, 2.45) is 18.7 Å². The Kier molecular flexibility index (Phi) is 5.00. The molecule has 0 atom stereocenters. The first-order valence-electron chi connectivity index (χ1n) is 5.52. The molecule has 1 aromatic rings. The monoisotopic (exact) mass is 227 g/mol. The van der Waals surface area contributed by atoms with Crippen LogP contribution in [0.25, 0.3) is 0 Å². The zero-order valence-electron chi connectivity index (χ0n) is 9.69. The summed E-state index contributed by atoms with van der Waals surface area (Å²) in [5.41, 5.74) is 5.60. The largest absolute Gasteiger partial charge is 0.368 e. The minimum atomic E-state index is 0.461. The van der Waals surface area contributed by atoms with Crippen molar-refractivity contribution in [2.45, 2.75) is 38.1 Å². The molecule has 1 heterocycles. The Labute approximate surface area is 95.4 Å². The van der Waals surface area contributed by atoms with Gasteiger partial charge < -0.3 is 11.1 Å². The molecule has 0 bridgehead atoms. The number of hydrazine groups is 1. The number of aromatic nitrogens is 3. The van der Waals surface area contributed by atoms with Gasteiger partial charge in [-0.1, -0.05) is 19.3 Å². The van der Waals surface area contributed by atoms with Crippen LogP contribution in [0.5, 0.6) is 0 Å². The van der Waals surface area contributed by atoms with Gasteiger partial charge in [0, 0.05) is 13.1 Å². The van der Waals surface area contributed by atoms with Gasteiger partial charge in [0.05, 0.1) is 0 Å². The van der Waals surface area contributed by atoms with Crippen molar-refractivity contribution in [3.63, 3.8) is 0 Å². The Morgan fingerprint density at radius 1 is 1.19 bits per heavy atom. The topological polar surface area (TPSA) is 121 Å². The fraction of sp³-hybridized carbons (Fsp3) is 0.778. The number of hydrogen-bond donors (Lipinski definition) is 4. The van der Waals surface area contributed by atoms with E-state index in [0.717, 1.165) is 5.95 Å². The molecule has 1 aliphatic carbocycles. The zero-order chi connectivity index (χ0) is 12.0. The first-order chi connectivity index (χ1) is 7.77. The second-order valence-corrected chi connectivity index (χ2v) is 3.92. The van der Waals surface area contributed by atoms with Crippen LogP contribution in [0.4, 0.5) is 11.9 Å². The first-order valence-corrected chi connectivity index (χ1v) is 5.52. The number of nitrogens with two attached hydrogens (primary N) is 3. The molecule has 0 spiro atoms. The summed E-state index contributed by atoms with van der Waals surface area (Å²) in [4.78, 5) is 0. The van der Waals surface area contributed by atoms with E-state index in [-0.39, 0.29) is 0 Å². The van der Waals surface area contributed by atoms with Crippen LogP contribution in [0.2, 0.25) is 0 Å². The molecule has 0 unspecified atom stereocenters. The van der Waals surface area contributed by atoms with Gasteiger partial charge >= 0.3 is 0 Å². The van der Waals surface area contributed by atoms with Crippen LogP contribution in [-0.2, 0) is 7.05 Å². The molecule has 1 saturated carbocycles. The van der Waals surface area contributed by atoms with Crippen molar-refractivity contribution in [1.82, 2.24) is 14.8 Å². The Morgan fingerprint density at radius 2 is 1.81 bits per heavy atom. The maximum atomic E-state index is 5.60. The summed E-state index contributed by atoms with van der Waals surface area (Å²) < 4.78 is 1.79. The molecule has 1 fully saturated rings.